The molecule has 0 spiro atoms. The van der Waals surface area contributed by atoms with Gasteiger partial charge in [-0.05, 0) is 86.1 Å². The molecule has 1 saturated heterocycles. The first-order valence-electron chi connectivity index (χ1n) is 29.5. The molecule has 5 N–H and O–H groups in total. The fraction of sp³-hybridized carbons (Fsp3) is 0.645. The number of allylic oxidation sites excluding steroid dienone is 2. The third kappa shape index (κ3) is 20.7. The van der Waals surface area contributed by atoms with Crippen LogP contribution in [0, 0.1) is 29.6 Å². The van der Waals surface area contributed by atoms with Crippen LogP contribution in [-0.2, 0) is 54.3 Å². The monoisotopic (exact) mass is 1220 g/mol. The highest BCUT2D eigenvalue weighted by atomic mass is 79.9. The number of likely N-dealkylation sites (N-methyl/N-ethyl adjacent to an activating group) is 2. The lowest BCUT2D eigenvalue weighted by Gasteiger charge is -2.41. The van der Waals surface area contributed by atoms with Crippen molar-refractivity contribution >= 4 is 74.8 Å². The summed E-state index contributed by atoms with van der Waals surface area (Å²) in [5, 5.41) is 22.1. The number of halogens is 1. The van der Waals surface area contributed by atoms with E-state index in [-0.39, 0.29) is 96.3 Å². The topological polar surface area (TPSA) is 252 Å². The number of likely N-dealkylation sites (tertiary alicyclic amines) is 1. The van der Waals surface area contributed by atoms with E-state index in [1.807, 2.05) is 65.8 Å². The molecule has 10 atom stereocenters. The number of carbonyl (C=O) groups is 8. The molecule has 4 rings (SSSR count). The number of nitrogens with one attached hydrogen (secondary N) is 4. The molecular formula is C62H94BrN7O13. The van der Waals surface area contributed by atoms with Crippen LogP contribution in [0.5, 0.6) is 0 Å². The van der Waals surface area contributed by atoms with Gasteiger partial charge in [-0.25, -0.2) is 9.59 Å². The van der Waals surface area contributed by atoms with Crippen LogP contribution in [0.2, 0.25) is 0 Å². The van der Waals surface area contributed by atoms with E-state index in [1.165, 1.54) is 26.2 Å². The number of methoxy groups -OCH3 is 2. The van der Waals surface area contributed by atoms with Crippen LogP contribution >= 0.6 is 15.9 Å². The molecule has 0 saturated carbocycles. The van der Waals surface area contributed by atoms with Crippen molar-refractivity contribution in [2.75, 3.05) is 57.4 Å². The second kappa shape index (κ2) is 34.8. The zero-order valence-corrected chi connectivity index (χ0v) is 52.6. The number of Topliss-reactive ketones (excluding diaryl/α,β-unsaturated/α-hetero) is 1. The van der Waals surface area contributed by atoms with E-state index in [0.717, 1.165) is 32.1 Å². The molecule has 2 aromatic rings. The summed E-state index contributed by atoms with van der Waals surface area (Å²) in [7, 11) is 6.20. The Labute approximate surface area is 500 Å². The van der Waals surface area contributed by atoms with Gasteiger partial charge in [-0.3, -0.25) is 34.1 Å². The second-order valence-electron chi connectivity index (χ2n) is 22.9. The standard InChI is InChI=1S/C62H94BrN7O13/c1-13-40(6)56(51(80-11)35-54(74)70-32-22-27-49(70)58(81-12)41(7)59(76)65-42(8)57(75)44-23-18-17-19-24-44)68(9)60(77)46(38(2)3)34-50(71)55(39(4)5)69(10)62(79)82-37-43-28-29-47(48(33-43)66-52(72)30-31-64-53(73)36-63)67-61(78)83-45-25-20-15-14-16-21-26-45/h17-19,23-25,28-29,33,38-42,46,49,51,55-58,75H,13-16,20-22,26-27,30-32,34-37H2,1-12H3,(H,64,73)(H,65,76)(H,66,72)(H,67,78)/b45-25+/t40-,41+,42+,46-,49-,51+,55-,56-,57+,58+/m0/s1. The first kappa shape index (κ1) is 69.6. The van der Waals surface area contributed by atoms with Crippen molar-refractivity contribution in [3.05, 3.63) is 71.5 Å². The Morgan fingerprint density at radius 1 is 0.807 bits per heavy atom. The quantitative estimate of drug-likeness (QED) is 0.0458. The summed E-state index contributed by atoms with van der Waals surface area (Å²) in [5.41, 5.74) is 1.56. The smallest absolute Gasteiger partial charge is 0.416 e. The van der Waals surface area contributed by atoms with Gasteiger partial charge in [0.1, 0.15) is 12.4 Å². The number of aliphatic hydroxyl groups excluding tert-OH is 1. The third-order valence-electron chi connectivity index (χ3n) is 16.2. The van der Waals surface area contributed by atoms with Crippen LogP contribution in [0.3, 0.4) is 0 Å². The van der Waals surface area contributed by atoms with Gasteiger partial charge < -0.3 is 54.7 Å². The molecule has 2 aromatic carbocycles. The lowest BCUT2D eigenvalue weighted by Crippen LogP contribution is -2.55. The minimum absolute atomic E-state index is 0.0621. The summed E-state index contributed by atoms with van der Waals surface area (Å²) in [6.07, 6.45) is 5.19. The van der Waals surface area contributed by atoms with E-state index in [0.29, 0.717) is 49.1 Å². The molecule has 0 bridgehead atoms. The molecule has 2 aliphatic rings. The van der Waals surface area contributed by atoms with Gasteiger partial charge >= 0.3 is 12.2 Å². The first-order valence-corrected chi connectivity index (χ1v) is 30.6. The first-order chi connectivity index (χ1) is 39.5. The summed E-state index contributed by atoms with van der Waals surface area (Å²) < 4.78 is 23.5. The van der Waals surface area contributed by atoms with Gasteiger partial charge in [-0.2, -0.15) is 0 Å². The second-order valence-corrected chi connectivity index (χ2v) is 23.5. The molecule has 1 fully saturated rings. The average molecular weight is 1230 g/mol. The summed E-state index contributed by atoms with van der Waals surface area (Å²) >= 11 is 3.08. The Bertz CT molecular complexity index is 2500. The predicted molar refractivity (Wildman–Crippen MR) is 322 cm³/mol. The Balaban J connectivity index is 1.46. The molecule has 20 nitrogen and oxygen atoms in total. The number of hydrogen-bond acceptors (Lipinski definition) is 13. The predicted octanol–water partition coefficient (Wildman–Crippen LogP) is 9.30. The molecule has 7 amide bonds. The number of amides is 7. The lowest BCUT2D eigenvalue weighted by molar-refractivity contribution is -0.149. The van der Waals surface area contributed by atoms with Gasteiger partial charge in [-0.15, -0.1) is 0 Å². The fourth-order valence-electron chi connectivity index (χ4n) is 11.3. The summed E-state index contributed by atoms with van der Waals surface area (Å²) in [5.74, 6) is -3.64. The van der Waals surface area contributed by atoms with Crippen LogP contribution in [-0.4, -0.2) is 150 Å². The Kier molecular flexibility index (Phi) is 29.2. The van der Waals surface area contributed by atoms with Crippen LogP contribution in [0.4, 0.5) is 21.0 Å². The molecular weight excluding hydrogens is 1130 g/mol. The van der Waals surface area contributed by atoms with Crippen molar-refractivity contribution in [1.82, 2.24) is 25.3 Å². The molecule has 1 aliphatic heterocycles. The van der Waals surface area contributed by atoms with Crippen molar-refractivity contribution in [1.29, 1.82) is 0 Å². The number of benzene rings is 2. The zero-order valence-electron chi connectivity index (χ0n) is 51.0. The number of carbonyl (C=O) groups excluding carboxylic acids is 8. The minimum atomic E-state index is -0.982. The summed E-state index contributed by atoms with van der Waals surface area (Å²) in [6, 6.07) is 11.2. The Morgan fingerprint density at radius 2 is 1.51 bits per heavy atom. The highest BCUT2D eigenvalue weighted by Gasteiger charge is 2.44. The number of aliphatic hydroxyl groups is 1. The molecule has 21 heteroatoms. The van der Waals surface area contributed by atoms with Gasteiger partial charge in [0.15, 0.2) is 5.78 Å². The van der Waals surface area contributed by atoms with E-state index in [1.54, 1.807) is 61.0 Å². The van der Waals surface area contributed by atoms with E-state index >= 15 is 0 Å². The number of hydrogen-bond donors (Lipinski definition) is 5. The largest absolute Gasteiger partial charge is 0.445 e. The van der Waals surface area contributed by atoms with E-state index in [4.69, 9.17) is 18.9 Å². The van der Waals surface area contributed by atoms with Gasteiger partial charge in [-0.1, -0.05) is 120 Å². The maximum absolute atomic E-state index is 14.9. The van der Waals surface area contributed by atoms with Crippen LogP contribution in [0.15, 0.2) is 60.4 Å². The molecule has 1 aliphatic carbocycles. The van der Waals surface area contributed by atoms with Crippen LogP contribution in [0.25, 0.3) is 0 Å². The SMILES string of the molecule is CC[C@H](C)[C@@H]([C@@H](CC(=O)N1CCC[C@H]1[C@H](OC)[C@@H](C)C(=O)N[C@H](C)[C@@H](O)c1ccccc1)OC)N(C)C(=O)[C@@H](CC(=O)[C@H](C(C)C)N(C)C(=O)OCc1ccc(NC(=O)O/C2=C/CCCCCC2)c(NC(=O)CCNC(=O)CBr)c1)C(C)C. The normalized spacial score (nSPS) is 18.5. The third-order valence-corrected chi connectivity index (χ3v) is 16.7. The molecule has 462 valence electrons. The van der Waals surface area contributed by atoms with Crippen molar-refractivity contribution in [3.63, 3.8) is 0 Å². The Morgan fingerprint density at radius 3 is 2.14 bits per heavy atom. The van der Waals surface area contributed by atoms with E-state index in [2.05, 4.69) is 37.2 Å². The molecule has 83 heavy (non-hydrogen) atoms. The number of nitrogens with zero attached hydrogens (tertiary/aromatic N) is 3. The van der Waals surface area contributed by atoms with Gasteiger partial charge in [0.25, 0.3) is 0 Å². The molecule has 1 heterocycles. The highest BCUT2D eigenvalue weighted by molar-refractivity contribution is 9.09. The van der Waals surface area contributed by atoms with Crippen molar-refractivity contribution in [2.24, 2.45) is 29.6 Å². The number of anilines is 2. The maximum Gasteiger partial charge on any atom is 0.416 e. The fourth-order valence-corrected chi connectivity index (χ4v) is 11.5. The van der Waals surface area contributed by atoms with Gasteiger partial charge in [0, 0.05) is 66.6 Å². The number of alkyl halides is 1. The number of ketones is 1. The van der Waals surface area contributed by atoms with Crippen molar-refractivity contribution in [2.45, 2.75) is 182 Å². The Hall–Kier alpha value is -5.90. The van der Waals surface area contributed by atoms with Crippen LogP contribution < -0.4 is 21.3 Å². The average Bonchev–Trinajstić information content (AvgIpc) is 4.15. The molecule has 0 radical (unpaired) electrons. The summed E-state index contributed by atoms with van der Waals surface area (Å²) in [6.45, 7) is 15.1. The maximum atomic E-state index is 14.9. The van der Waals surface area contributed by atoms with Gasteiger partial charge in [0.05, 0.1) is 71.5 Å². The molecule has 0 aromatic heterocycles. The van der Waals surface area contributed by atoms with Crippen molar-refractivity contribution in [3.8, 4) is 0 Å². The lowest BCUT2D eigenvalue weighted by atomic mass is 9.83. The van der Waals surface area contributed by atoms with Gasteiger partial charge in [0.2, 0.25) is 29.5 Å². The van der Waals surface area contributed by atoms with Crippen LogP contribution in [0.1, 0.15) is 150 Å². The van der Waals surface area contributed by atoms with E-state index in [9.17, 15) is 43.5 Å². The molecule has 0 unspecified atom stereocenters. The zero-order chi connectivity index (χ0) is 61.5. The number of rotatable bonds is 30. The van der Waals surface area contributed by atoms with Crippen molar-refractivity contribution < 1.29 is 62.4 Å². The summed E-state index contributed by atoms with van der Waals surface area (Å²) in [4.78, 5) is 114. The van der Waals surface area contributed by atoms with E-state index < -0.39 is 72.4 Å². The minimum Gasteiger partial charge on any atom is -0.445 e. The number of ether oxygens (including phenoxy) is 4. The highest BCUT2D eigenvalue weighted by Crippen LogP contribution is 2.32.